The number of hydrogen-bond acceptors (Lipinski definition) is 5. The molecule has 0 fully saturated rings. The van der Waals surface area contributed by atoms with E-state index in [-0.39, 0.29) is 0 Å². The van der Waals surface area contributed by atoms with Crippen LogP contribution in [0.5, 0.6) is 5.75 Å². The zero-order valence-corrected chi connectivity index (χ0v) is 10.5. The lowest BCUT2D eigenvalue weighted by atomic mass is 10.1. The van der Waals surface area contributed by atoms with Gasteiger partial charge in [-0.15, -0.1) is 0 Å². The predicted octanol–water partition coefficient (Wildman–Crippen LogP) is 2.84. The van der Waals surface area contributed by atoms with Crippen LogP contribution in [0.2, 0.25) is 0 Å². The van der Waals surface area contributed by atoms with Gasteiger partial charge in [-0.2, -0.15) is 0 Å². The molecule has 3 aromatic rings. The van der Waals surface area contributed by atoms with E-state index in [9.17, 15) is 0 Å². The van der Waals surface area contributed by atoms with Crippen LogP contribution in [0.25, 0.3) is 10.8 Å². The summed E-state index contributed by atoms with van der Waals surface area (Å²) in [5.41, 5.74) is 0. The number of anilines is 1. The number of nitrogens with one attached hydrogen (secondary N) is 1. The molecule has 0 aliphatic carbocycles. The van der Waals surface area contributed by atoms with Crippen molar-refractivity contribution in [1.29, 1.82) is 0 Å². The molecule has 0 unspecified atom stereocenters. The molecule has 0 aliphatic heterocycles. The van der Waals surface area contributed by atoms with Crippen LogP contribution in [-0.4, -0.2) is 17.3 Å². The van der Waals surface area contributed by atoms with E-state index in [4.69, 9.17) is 9.26 Å². The van der Waals surface area contributed by atoms with Gasteiger partial charge < -0.3 is 14.6 Å². The molecular formula is C14H13N3O2. The van der Waals surface area contributed by atoms with Crippen molar-refractivity contribution < 1.29 is 9.26 Å². The van der Waals surface area contributed by atoms with Gasteiger partial charge in [0.1, 0.15) is 11.6 Å². The number of benzene rings is 1. The second-order valence-corrected chi connectivity index (χ2v) is 4.08. The molecule has 19 heavy (non-hydrogen) atoms. The van der Waals surface area contributed by atoms with Crippen molar-refractivity contribution in [3.63, 3.8) is 0 Å². The summed E-state index contributed by atoms with van der Waals surface area (Å²) in [5.74, 6) is 2.37. The second kappa shape index (κ2) is 4.97. The normalized spacial score (nSPS) is 10.6. The molecule has 0 radical (unpaired) electrons. The van der Waals surface area contributed by atoms with Crippen LogP contribution in [0.3, 0.4) is 0 Å². The van der Waals surface area contributed by atoms with Crippen LogP contribution in [-0.2, 0) is 6.54 Å². The summed E-state index contributed by atoms with van der Waals surface area (Å²) in [6.45, 7) is 0.545. The van der Waals surface area contributed by atoms with Crippen LogP contribution in [0.4, 0.5) is 5.82 Å². The van der Waals surface area contributed by atoms with Crippen molar-refractivity contribution in [2.24, 2.45) is 0 Å². The van der Waals surface area contributed by atoms with E-state index in [1.54, 1.807) is 19.5 Å². The lowest BCUT2D eigenvalue weighted by molar-refractivity contribution is 0.388. The Kier molecular flexibility index (Phi) is 3.02. The van der Waals surface area contributed by atoms with Gasteiger partial charge in [-0.05, 0) is 23.6 Å². The van der Waals surface area contributed by atoms with E-state index in [0.717, 1.165) is 28.1 Å². The van der Waals surface area contributed by atoms with Crippen molar-refractivity contribution in [3.05, 3.63) is 48.5 Å². The Morgan fingerprint density at radius 1 is 1.21 bits per heavy atom. The summed E-state index contributed by atoms with van der Waals surface area (Å²) in [4.78, 5) is 4.35. The van der Waals surface area contributed by atoms with Gasteiger partial charge in [-0.3, -0.25) is 0 Å². The first kappa shape index (κ1) is 11.5. The van der Waals surface area contributed by atoms with Crippen LogP contribution >= 0.6 is 0 Å². The van der Waals surface area contributed by atoms with Gasteiger partial charge in [0.15, 0.2) is 5.76 Å². The van der Waals surface area contributed by atoms with Gasteiger partial charge in [-0.25, -0.2) is 4.98 Å². The van der Waals surface area contributed by atoms with Crippen LogP contribution < -0.4 is 10.1 Å². The maximum absolute atomic E-state index is 5.24. The summed E-state index contributed by atoms with van der Waals surface area (Å²) in [7, 11) is 1.65. The predicted molar refractivity (Wildman–Crippen MR) is 72.1 cm³/mol. The monoisotopic (exact) mass is 255 g/mol. The molecule has 1 N–H and O–H groups in total. The van der Waals surface area contributed by atoms with Gasteiger partial charge in [0.05, 0.1) is 19.9 Å². The van der Waals surface area contributed by atoms with Crippen LogP contribution in [0.1, 0.15) is 5.76 Å². The molecule has 5 nitrogen and oxygen atoms in total. The summed E-state index contributed by atoms with van der Waals surface area (Å²) in [6, 6.07) is 9.69. The minimum absolute atomic E-state index is 0.545. The molecule has 0 bridgehead atoms. The molecule has 0 spiro atoms. The number of fused-ring (bicyclic) bond motifs is 1. The average Bonchev–Trinajstić information content (AvgIpc) is 2.97. The SMILES string of the molecule is COc1ccc2ccnc(NCc3ccno3)c2c1. The number of nitrogens with zero attached hydrogens (tertiary/aromatic N) is 2. The Labute approximate surface area is 110 Å². The highest BCUT2D eigenvalue weighted by Crippen LogP contribution is 2.25. The number of aromatic nitrogens is 2. The minimum atomic E-state index is 0.545. The van der Waals surface area contributed by atoms with E-state index in [0.29, 0.717) is 6.54 Å². The lowest BCUT2D eigenvalue weighted by Crippen LogP contribution is -2.01. The zero-order chi connectivity index (χ0) is 13.1. The van der Waals surface area contributed by atoms with Crippen LogP contribution in [0.15, 0.2) is 47.2 Å². The van der Waals surface area contributed by atoms with Gasteiger partial charge >= 0.3 is 0 Å². The molecule has 0 aliphatic rings. The molecule has 1 aromatic carbocycles. The smallest absolute Gasteiger partial charge is 0.155 e. The molecule has 2 heterocycles. The molecule has 96 valence electrons. The molecule has 5 heteroatoms. The van der Waals surface area contributed by atoms with E-state index < -0.39 is 0 Å². The first-order valence-electron chi connectivity index (χ1n) is 5.93. The highest BCUT2D eigenvalue weighted by Gasteiger charge is 2.05. The summed E-state index contributed by atoms with van der Waals surface area (Å²) < 4.78 is 10.3. The van der Waals surface area contributed by atoms with Crippen molar-refractivity contribution in [1.82, 2.24) is 10.1 Å². The van der Waals surface area contributed by atoms with E-state index >= 15 is 0 Å². The quantitative estimate of drug-likeness (QED) is 0.776. The third-order valence-corrected chi connectivity index (χ3v) is 2.89. The fourth-order valence-electron chi connectivity index (χ4n) is 1.92. The first-order valence-corrected chi connectivity index (χ1v) is 5.93. The number of methoxy groups -OCH3 is 1. The fraction of sp³-hybridized carbons (Fsp3) is 0.143. The Hall–Kier alpha value is -2.56. The topological polar surface area (TPSA) is 60.2 Å². The van der Waals surface area contributed by atoms with Crippen molar-refractivity contribution in [2.75, 3.05) is 12.4 Å². The zero-order valence-electron chi connectivity index (χ0n) is 10.5. The van der Waals surface area contributed by atoms with Gasteiger partial charge in [-0.1, -0.05) is 11.2 Å². The Morgan fingerprint density at radius 3 is 2.95 bits per heavy atom. The van der Waals surface area contributed by atoms with Crippen molar-refractivity contribution >= 4 is 16.6 Å². The Morgan fingerprint density at radius 2 is 2.16 bits per heavy atom. The largest absolute Gasteiger partial charge is 0.497 e. The van der Waals surface area contributed by atoms with Gasteiger partial charge in [0.2, 0.25) is 0 Å². The molecule has 0 saturated heterocycles. The third-order valence-electron chi connectivity index (χ3n) is 2.89. The Balaban J connectivity index is 1.93. The molecule has 3 rings (SSSR count). The van der Waals surface area contributed by atoms with Crippen molar-refractivity contribution in [3.8, 4) is 5.75 Å². The summed E-state index contributed by atoms with van der Waals surface area (Å²) in [6.07, 6.45) is 3.40. The molecule has 0 saturated carbocycles. The van der Waals surface area contributed by atoms with E-state index in [1.165, 1.54) is 0 Å². The van der Waals surface area contributed by atoms with Crippen LogP contribution in [0, 0.1) is 0 Å². The number of pyridine rings is 1. The van der Waals surface area contributed by atoms with Gasteiger partial charge in [0, 0.05) is 17.6 Å². The maximum Gasteiger partial charge on any atom is 0.155 e. The molecule has 0 atom stereocenters. The fourth-order valence-corrected chi connectivity index (χ4v) is 1.92. The van der Waals surface area contributed by atoms with Gasteiger partial charge in [0.25, 0.3) is 0 Å². The standard InChI is InChI=1S/C14H13N3O2/c1-18-11-3-2-10-4-6-15-14(13(10)8-11)16-9-12-5-7-17-19-12/h2-8H,9H2,1H3,(H,15,16). The maximum atomic E-state index is 5.24. The third kappa shape index (κ3) is 2.35. The second-order valence-electron chi connectivity index (χ2n) is 4.08. The molecule has 2 aromatic heterocycles. The number of rotatable bonds is 4. The van der Waals surface area contributed by atoms with Crippen molar-refractivity contribution in [2.45, 2.75) is 6.54 Å². The average molecular weight is 255 g/mol. The minimum Gasteiger partial charge on any atom is -0.497 e. The lowest BCUT2D eigenvalue weighted by Gasteiger charge is -2.08. The summed E-state index contributed by atoms with van der Waals surface area (Å²) >= 11 is 0. The molecular weight excluding hydrogens is 242 g/mol. The molecule has 0 amide bonds. The number of ether oxygens (including phenoxy) is 1. The van der Waals surface area contributed by atoms with E-state index in [1.807, 2.05) is 30.3 Å². The number of hydrogen-bond donors (Lipinski definition) is 1. The Bertz CT molecular complexity index is 680. The highest BCUT2D eigenvalue weighted by molar-refractivity contribution is 5.92. The van der Waals surface area contributed by atoms with E-state index in [2.05, 4.69) is 15.5 Å². The highest BCUT2D eigenvalue weighted by atomic mass is 16.5. The summed E-state index contributed by atoms with van der Waals surface area (Å²) in [5, 5.41) is 9.03. The first-order chi connectivity index (χ1) is 9.36.